The number of hydrogen-bond donors (Lipinski definition) is 2. The first-order chi connectivity index (χ1) is 6.09. The van der Waals surface area contributed by atoms with E-state index in [4.69, 9.17) is 5.73 Å². The van der Waals surface area contributed by atoms with Crippen molar-refractivity contribution in [1.29, 1.82) is 0 Å². The number of thiocarbonyl (C=S) groups is 1. The van der Waals surface area contributed by atoms with E-state index in [0.29, 0.717) is 5.56 Å². The molecule has 1 amide bonds. The van der Waals surface area contributed by atoms with Crippen molar-refractivity contribution in [2.24, 2.45) is 5.73 Å². The predicted molar refractivity (Wildman–Crippen MR) is 50.7 cm³/mol. The van der Waals surface area contributed by atoms with Gasteiger partial charge in [0.2, 0.25) is 0 Å². The van der Waals surface area contributed by atoms with E-state index in [0.717, 1.165) is 0 Å². The SMILES string of the molecule is NC(=S)NC(=O)c1ccc(F)cc1. The fourth-order valence-corrected chi connectivity index (χ4v) is 0.878. The van der Waals surface area contributed by atoms with Crippen LogP contribution in [0.2, 0.25) is 0 Å². The van der Waals surface area contributed by atoms with Gasteiger partial charge >= 0.3 is 0 Å². The lowest BCUT2D eigenvalue weighted by atomic mass is 10.2. The van der Waals surface area contributed by atoms with Crippen LogP contribution in [0.5, 0.6) is 0 Å². The third-order valence-electron chi connectivity index (χ3n) is 1.34. The Morgan fingerprint density at radius 2 is 1.92 bits per heavy atom. The van der Waals surface area contributed by atoms with Gasteiger partial charge in [-0.1, -0.05) is 0 Å². The third kappa shape index (κ3) is 2.79. The van der Waals surface area contributed by atoms with Crippen LogP contribution in [0.4, 0.5) is 4.39 Å². The molecule has 0 aliphatic rings. The van der Waals surface area contributed by atoms with Crippen LogP contribution < -0.4 is 11.1 Å². The van der Waals surface area contributed by atoms with Crippen LogP contribution in [0, 0.1) is 5.82 Å². The van der Waals surface area contributed by atoms with Crippen LogP contribution in [0.3, 0.4) is 0 Å². The highest BCUT2D eigenvalue weighted by atomic mass is 32.1. The molecule has 0 aliphatic heterocycles. The number of rotatable bonds is 1. The van der Waals surface area contributed by atoms with E-state index in [-0.39, 0.29) is 5.11 Å². The van der Waals surface area contributed by atoms with Crippen molar-refractivity contribution in [3.63, 3.8) is 0 Å². The molecule has 1 aromatic carbocycles. The Bertz CT molecular complexity index is 337. The molecule has 0 saturated heterocycles. The van der Waals surface area contributed by atoms with Crippen LogP contribution in [0.25, 0.3) is 0 Å². The Hall–Kier alpha value is -1.49. The lowest BCUT2D eigenvalue weighted by Crippen LogP contribution is -2.34. The molecule has 3 nitrogen and oxygen atoms in total. The van der Waals surface area contributed by atoms with Crippen molar-refractivity contribution in [3.05, 3.63) is 35.6 Å². The molecule has 0 fully saturated rings. The standard InChI is InChI=1S/C8H7FN2OS/c9-6-3-1-5(2-4-6)7(12)11-8(10)13/h1-4H,(H3,10,11,12,13). The maximum absolute atomic E-state index is 12.4. The normalized spacial score (nSPS) is 9.31. The molecule has 5 heteroatoms. The zero-order valence-electron chi connectivity index (χ0n) is 6.58. The van der Waals surface area contributed by atoms with Crippen LogP contribution >= 0.6 is 12.2 Å². The number of halogens is 1. The predicted octanol–water partition coefficient (Wildman–Crippen LogP) is 0.799. The number of nitrogens with one attached hydrogen (secondary N) is 1. The number of benzene rings is 1. The zero-order valence-corrected chi connectivity index (χ0v) is 7.40. The van der Waals surface area contributed by atoms with Crippen molar-refractivity contribution in [2.45, 2.75) is 0 Å². The first-order valence-corrected chi connectivity index (χ1v) is 3.87. The van der Waals surface area contributed by atoms with E-state index < -0.39 is 11.7 Å². The number of nitrogens with two attached hydrogens (primary N) is 1. The Morgan fingerprint density at radius 3 is 2.38 bits per heavy atom. The molecule has 0 unspecified atom stereocenters. The van der Waals surface area contributed by atoms with Gasteiger partial charge in [-0.25, -0.2) is 4.39 Å². The molecule has 0 heterocycles. The molecule has 0 bridgehead atoms. The van der Waals surface area contributed by atoms with Crippen molar-refractivity contribution < 1.29 is 9.18 Å². The first kappa shape index (κ1) is 9.60. The van der Waals surface area contributed by atoms with Crippen LogP contribution in [0.1, 0.15) is 10.4 Å². The first-order valence-electron chi connectivity index (χ1n) is 3.46. The minimum Gasteiger partial charge on any atom is -0.376 e. The van der Waals surface area contributed by atoms with E-state index in [1.54, 1.807) is 0 Å². The average Bonchev–Trinajstić information content (AvgIpc) is 2.04. The minimum absolute atomic E-state index is 0.102. The quantitative estimate of drug-likeness (QED) is 0.656. The zero-order chi connectivity index (χ0) is 9.84. The van der Waals surface area contributed by atoms with E-state index in [9.17, 15) is 9.18 Å². The Balaban J connectivity index is 2.78. The van der Waals surface area contributed by atoms with Gasteiger partial charge < -0.3 is 5.73 Å². The molecule has 0 aromatic heterocycles. The molecule has 1 rings (SSSR count). The summed E-state index contributed by atoms with van der Waals surface area (Å²) in [5.74, 6) is -0.834. The third-order valence-corrected chi connectivity index (χ3v) is 1.45. The molecule has 0 spiro atoms. The van der Waals surface area contributed by atoms with Crippen molar-refractivity contribution in [3.8, 4) is 0 Å². The maximum atomic E-state index is 12.4. The van der Waals surface area contributed by atoms with Crippen molar-refractivity contribution in [2.75, 3.05) is 0 Å². The molecular formula is C8H7FN2OS. The van der Waals surface area contributed by atoms with Gasteiger partial charge in [0.05, 0.1) is 0 Å². The number of amides is 1. The molecule has 68 valence electrons. The average molecular weight is 198 g/mol. The summed E-state index contributed by atoms with van der Waals surface area (Å²) in [6, 6.07) is 5.08. The van der Waals surface area contributed by atoms with Gasteiger partial charge in [0.15, 0.2) is 5.11 Å². The summed E-state index contributed by atoms with van der Waals surface area (Å²) in [4.78, 5) is 11.2. The summed E-state index contributed by atoms with van der Waals surface area (Å²) in [6.07, 6.45) is 0. The van der Waals surface area contributed by atoms with Gasteiger partial charge in [0, 0.05) is 5.56 Å². The Labute approximate surface area is 79.7 Å². The smallest absolute Gasteiger partial charge is 0.257 e. The highest BCUT2D eigenvalue weighted by molar-refractivity contribution is 7.80. The topological polar surface area (TPSA) is 55.1 Å². The highest BCUT2D eigenvalue weighted by Crippen LogP contribution is 2.01. The van der Waals surface area contributed by atoms with E-state index in [2.05, 4.69) is 17.5 Å². The maximum Gasteiger partial charge on any atom is 0.257 e. The monoisotopic (exact) mass is 198 g/mol. The number of hydrogen-bond acceptors (Lipinski definition) is 2. The summed E-state index contributed by atoms with van der Waals surface area (Å²) in [5, 5.41) is 2.12. The number of carbonyl (C=O) groups excluding carboxylic acids is 1. The lowest BCUT2D eigenvalue weighted by Gasteiger charge is -2.01. The van der Waals surface area contributed by atoms with E-state index in [1.807, 2.05) is 0 Å². The minimum atomic E-state index is -0.438. The molecule has 3 N–H and O–H groups in total. The van der Waals surface area contributed by atoms with Crippen LogP contribution in [0.15, 0.2) is 24.3 Å². The molecule has 0 saturated carbocycles. The molecule has 0 aliphatic carbocycles. The largest absolute Gasteiger partial charge is 0.376 e. The van der Waals surface area contributed by atoms with Gasteiger partial charge in [0.25, 0.3) is 5.91 Å². The summed E-state index contributed by atoms with van der Waals surface area (Å²) >= 11 is 4.47. The highest BCUT2D eigenvalue weighted by Gasteiger charge is 2.04. The summed E-state index contributed by atoms with van der Waals surface area (Å²) in [5.41, 5.74) is 5.40. The molecule has 1 aromatic rings. The molecule has 0 radical (unpaired) electrons. The van der Waals surface area contributed by atoms with E-state index >= 15 is 0 Å². The van der Waals surface area contributed by atoms with Crippen LogP contribution in [-0.2, 0) is 0 Å². The molecule has 0 atom stereocenters. The molecule has 13 heavy (non-hydrogen) atoms. The Kier molecular flexibility index (Phi) is 2.92. The van der Waals surface area contributed by atoms with Gasteiger partial charge in [-0.15, -0.1) is 0 Å². The van der Waals surface area contributed by atoms with Gasteiger partial charge in [0.1, 0.15) is 5.82 Å². The van der Waals surface area contributed by atoms with Gasteiger partial charge in [-0.2, -0.15) is 0 Å². The second kappa shape index (κ2) is 3.95. The summed E-state index contributed by atoms with van der Waals surface area (Å²) in [6.45, 7) is 0. The second-order valence-electron chi connectivity index (χ2n) is 2.33. The van der Waals surface area contributed by atoms with E-state index in [1.165, 1.54) is 24.3 Å². The second-order valence-corrected chi connectivity index (χ2v) is 2.77. The summed E-state index contributed by atoms with van der Waals surface area (Å²) in [7, 11) is 0. The van der Waals surface area contributed by atoms with Gasteiger partial charge in [-0.3, -0.25) is 10.1 Å². The Morgan fingerprint density at radius 1 is 1.38 bits per heavy atom. The van der Waals surface area contributed by atoms with Gasteiger partial charge in [-0.05, 0) is 36.5 Å². The van der Waals surface area contributed by atoms with Crippen molar-refractivity contribution >= 4 is 23.2 Å². The van der Waals surface area contributed by atoms with Crippen molar-refractivity contribution in [1.82, 2.24) is 5.32 Å². The lowest BCUT2D eigenvalue weighted by molar-refractivity contribution is 0.0977. The fourth-order valence-electron chi connectivity index (χ4n) is 0.785. The van der Waals surface area contributed by atoms with Crippen LogP contribution in [-0.4, -0.2) is 11.0 Å². The fraction of sp³-hybridized carbons (Fsp3) is 0. The molecular weight excluding hydrogens is 191 g/mol. The number of carbonyl (C=O) groups is 1. The summed E-state index contributed by atoms with van der Waals surface area (Å²) < 4.78 is 12.4.